The number of benzene rings is 1. The van der Waals surface area contributed by atoms with Crippen LogP contribution in [0.4, 0.5) is 0 Å². The van der Waals surface area contributed by atoms with Gasteiger partial charge in [0.05, 0.1) is 19.2 Å². The molecule has 0 atom stereocenters. The number of imidazole rings is 1. The molecule has 0 fully saturated rings. The number of ether oxygens (including phenoxy) is 1. The average Bonchev–Trinajstić information content (AvgIpc) is 2.90. The summed E-state index contributed by atoms with van der Waals surface area (Å²) in [5.41, 5.74) is 0.473. The Morgan fingerprint density at radius 1 is 1.53 bits per heavy atom. The maximum absolute atomic E-state index is 12.3. The predicted molar refractivity (Wildman–Crippen MR) is 72.4 cm³/mol. The normalized spacial score (nSPS) is 10.3. The lowest BCUT2D eigenvalue weighted by Crippen LogP contribution is -2.27. The zero-order valence-electron chi connectivity index (χ0n) is 10.7. The molecular weight excluding hydrogens is 266 g/mol. The van der Waals surface area contributed by atoms with Crippen molar-refractivity contribution in [3.05, 3.63) is 47.0 Å². The minimum absolute atomic E-state index is 0.148. The number of halogens is 1. The van der Waals surface area contributed by atoms with Crippen molar-refractivity contribution in [1.82, 2.24) is 14.9 Å². The number of aromatic amines is 1. The lowest BCUT2D eigenvalue weighted by Gasteiger charge is -2.17. The number of hydrogen-bond acceptors (Lipinski definition) is 3. The predicted octanol–water partition coefficient (Wildman–Crippen LogP) is 2.34. The molecule has 1 N–H and O–H groups in total. The van der Waals surface area contributed by atoms with Gasteiger partial charge in [0.1, 0.15) is 11.6 Å². The first-order chi connectivity index (χ1) is 9.11. The van der Waals surface area contributed by atoms with Gasteiger partial charge in [0, 0.05) is 24.5 Å². The van der Waals surface area contributed by atoms with Crippen LogP contribution in [0.25, 0.3) is 0 Å². The summed E-state index contributed by atoms with van der Waals surface area (Å²) in [6, 6.07) is 4.94. The summed E-state index contributed by atoms with van der Waals surface area (Å²) in [4.78, 5) is 20.9. The van der Waals surface area contributed by atoms with Gasteiger partial charge >= 0.3 is 0 Å². The van der Waals surface area contributed by atoms with Crippen LogP contribution in [0, 0.1) is 0 Å². The highest BCUT2D eigenvalue weighted by molar-refractivity contribution is 6.30. The van der Waals surface area contributed by atoms with Gasteiger partial charge in [-0.1, -0.05) is 11.6 Å². The van der Waals surface area contributed by atoms with Gasteiger partial charge in [-0.05, 0) is 18.2 Å². The molecule has 1 heterocycles. The Hall–Kier alpha value is -2.01. The number of carbonyl (C=O) groups is 1. The van der Waals surface area contributed by atoms with Crippen LogP contribution in [0.3, 0.4) is 0 Å². The third-order valence-electron chi connectivity index (χ3n) is 2.68. The Kier molecular flexibility index (Phi) is 4.06. The van der Waals surface area contributed by atoms with Crippen LogP contribution < -0.4 is 4.74 Å². The van der Waals surface area contributed by atoms with Gasteiger partial charge in [-0.3, -0.25) is 4.79 Å². The van der Waals surface area contributed by atoms with Crippen molar-refractivity contribution in [1.29, 1.82) is 0 Å². The van der Waals surface area contributed by atoms with E-state index >= 15 is 0 Å². The highest BCUT2D eigenvalue weighted by Crippen LogP contribution is 2.24. The van der Waals surface area contributed by atoms with Gasteiger partial charge in [-0.15, -0.1) is 0 Å². The van der Waals surface area contributed by atoms with E-state index in [4.69, 9.17) is 16.3 Å². The van der Waals surface area contributed by atoms with Gasteiger partial charge in [0.15, 0.2) is 0 Å². The standard InChI is InChI=1S/C13H14ClN3O2/c1-17(8-12-15-5-6-16-12)13(18)10-4-3-9(14)7-11(10)19-2/h3-7H,8H2,1-2H3,(H,15,16). The Labute approximate surface area is 116 Å². The van der Waals surface area contributed by atoms with E-state index in [2.05, 4.69) is 9.97 Å². The molecule has 0 saturated carbocycles. The summed E-state index contributed by atoms with van der Waals surface area (Å²) < 4.78 is 5.18. The van der Waals surface area contributed by atoms with Crippen molar-refractivity contribution in [2.45, 2.75) is 6.54 Å². The topological polar surface area (TPSA) is 58.2 Å². The van der Waals surface area contributed by atoms with Crippen LogP contribution in [0.2, 0.25) is 5.02 Å². The zero-order chi connectivity index (χ0) is 13.8. The quantitative estimate of drug-likeness (QED) is 0.934. The van der Waals surface area contributed by atoms with E-state index in [1.807, 2.05) is 0 Å². The van der Waals surface area contributed by atoms with Crippen molar-refractivity contribution in [3.63, 3.8) is 0 Å². The Morgan fingerprint density at radius 3 is 2.95 bits per heavy atom. The number of aromatic nitrogens is 2. The molecule has 2 rings (SSSR count). The van der Waals surface area contributed by atoms with Gasteiger partial charge in [0.25, 0.3) is 5.91 Å². The molecule has 5 nitrogen and oxygen atoms in total. The molecular formula is C13H14ClN3O2. The minimum atomic E-state index is -0.148. The monoisotopic (exact) mass is 279 g/mol. The van der Waals surface area contributed by atoms with Crippen LogP contribution in [-0.2, 0) is 6.54 Å². The molecule has 0 bridgehead atoms. The fourth-order valence-corrected chi connectivity index (χ4v) is 1.89. The second kappa shape index (κ2) is 5.75. The zero-order valence-corrected chi connectivity index (χ0v) is 11.4. The van der Waals surface area contributed by atoms with Crippen molar-refractivity contribution < 1.29 is 9.53 Å². The lowest BCUT2D eigenvalue weighted by molar-refractivity contribution is 0.0778. The number of rotatable bonds is 4. The van der Waals surface area contributed by atoms with Crippen LogP contribution in [0.1, 0.15) is 16.2 Å². The van der Waals surface area contributed by atoms with Crippen molar-refractivity contribution in [3.8, 4) is 5.75 Å². The summed E-state index contributed by atoms with van der Waals surface area (Å²) in [6.45, 7) is 0.400. The van der Waals surface area contributed by atoms with Crippen LogP contribution in [0.15, 0.2) is 30.6 Å². The van der Waals surface area contributed by atoms with Gasteiger partial charge in [0.2, 0.25) is 0 Å². The molecule has 2 aromatic rings. The molecule has 0 radical (unpaired) electrons. The van der Waals surface area contributed by atoms with E-state index in [-0.39, 0.29) is 5.91 Å². The Bertz CT molecular complexity index is 569. The first-order valence-electron chi connectivity index (χ1n) is 5.69. The third-order valence-corrected chi connectivity index (χ3v) is 2.92. The van der Waals surface area contributed by atoms with E-state index in [0.29, 0.717) is 22.9 Å². The summed E-state index contributed by atoms with van der Waals surface area (Å²) in [6.07, 6.45) is 3.37. The fourth-order valence-electron chi connectivity index (χ4n) is 1.73. The molecule has 0 aliphatic carbocycles. The molecule has 100 valence electrons. The van der Waals surface area contributed by atoms with E-state index in [0.717, 1.165) is 5.82 Å². The molecule has 0 spiro atoms. The number of H-pyrrole nitrogens is 1. The first kappa shape index (κ1) is 13.4. The second-order valence-corrected chi connectivity index (χ2v) is 4.48. The van der Waals surface area contributed by atoms with E-state index in [9.17, 15) is 4.79 Å². The number of carbonyl (C=O) groups excluding carboxylic acids is 1. The fraction of sp³-hybridized carbons (Fsp3) is 0.231. The minimum Gasteiger partial charge on any atom is -0.496 e. The highest BCUT2D eigenvalue weighted by atomic mass is 35.5. The van der Waals surface area contributed by atoms with E-state index in [1.165, 1.54) is 7.11 Å². The van der Waals surface area contributed by atoms with Crippen molar-refractivity contribution in [2.75, 3.05) is 14.2 Å². The SMILES string of the molecule is COc1cc(Cl)ccc1C(=O)N(C)Cc1ncc[nH]1. The Balaban J connectivity index is 2.19. The smallest absolute Gasteiger partial charge is 0.257 e. The largest absolute Gasteiger partial charge is 0.496 e. The molecule has 19 heavy (non-hydrogen) atoms. The highest BCUT2D eigenvalue weighted by Gasteiger charge is 2.17. The van der Waals surface area contributed by atoms with Crippen molar-refractivity contribution in [2.24, 2.45) is 0 Å². The van der Waals surface area contributed by atoms with Gasteiger partial charge < -0.3 is 14.6 Å². The summed E-state index contributed by atoms with van der Waals surface area (Å²) >= 11 is 5.88. The maximum atomic E-state index is 12.3. The first-order valence-corrected chi connectivity index (χ1v) is 6.07. The molecule has 1 aromatic carbocycles. The number of nitrogens with one attached hydrogen (secondary N) is 1. The Morgan fingerprint density at radius 2 is 2.32 bits per heavy atom. The van der Waals surface area contributed by atoms with E-state index < -0.39 is 0 Å². The summed E-state index contributed by atoms with van der Waals surface area (Å²) in [5.74, 6) is 1.04. The summed E-state index contributed by atoms with van der Waals surface area (Å²) in [5, 5.41) is 0.530. The molecule has 1 amide bonds. The number of methoxy groups -OCH3 is 1. The molecule has 0 unspecified atom stereocenters. The number of amides is 1. The van der Waals surface area contributed by atoms with Gasteiger partial charge in [-0.25, -0.2) is 4.98 Å². The van der Waals surface area contributed by atoms with Crippen molar-refractivity contribution >= 4 is 17.5 Å². The van der Waals surface area contributed by atoms with Gasteiger partial charge in [-0.2, -0.15) is 0 Å². The second-order valence-electron chi connectivity index (χ2n) is 4.04. The van der Waals surface area contributed by atoms with E-state index in [1.54, 1.807) is 42.5 Å². The third kappa shape index (κ3) is 3.06. The average molecular weight is 280 g/mol. The summed E-state index contributed by atoms with van der Waals surface area (Å²) in [7, 11) is 3.22. The molecule has 0 saturated heterocycles. The molecule has 0 aliphatic rings. The van der Waals surface area contributed by atoms with Crippen LogP contribution in [-0.4, -0.2) is 34.9 Å². The lowest BCUT2D eigenvalue weighted by atomic mass is 10.1. The molecule has 6 heteroatoms. The molecule has 0 aliphatic heterocycles. The van der Waals surface area contributed by atoms with Crippen LogP contribution >= 0.6 is 11.6 Å². The molecule has 1 aromatic heterocycles. The van der Waals surface area contributed by atoms with Crippen LogP contribution in [0.5, 0.6) is 5.75 Å². The maximum Gasteiger partial charge on any atom is 0.257 e. The number of nitrogens with zero attached hydrogens (tertiary/aromatic N) is 2. The number of hydrogen-bond donors (Lipinski definition) is 1.